The molecule has 0 saturated carbocycles. The van der Waals surface area contributed by atoms with Gasteiger partial charge < -0.3 is 19.9 Å². The van der Waals surface area contributed by atoms with Gasteiger partial charge in [-0.05, 0) is 98.7 Å². The van der Waals surface area contributed by atoms with Crippen LogP contribution in [0.4, 0.5) is 5.69 Å². The molecule has 0 spiro atoms. The maximum atomic E-state index is 9.82. The van der Waals surface area contributed by atoms with E-state index in [4.69, 9.17) is 12.2 Å². The van der Waals surface area contributed by atoms with E-state index in [1.54, 1.807) is 18.3 Å². The highest BCUT2D eigenvalue weighted by Crippen LogP contribution is 2.43. The Kier molecular flexibility index (Phi) is 5.34. The zero-order valence-corrected chi connectivity index (χ0v) is 19.5. The lowest BCUT2D eigenvalue weighted by atomic mass is 9.96. The Balaban J connectivity index is 1.68. The van der Waals surface area contributed by atoms with Crippen LogP contribution in [0.15, 0.2) is 73.1 Å². The number of aromatic nitrogens is 3. The number of hydrogen-bond donors (Lipinski definition) is 2. The van der Waals surface area contributed by atoms with E-state index in [0.717, 1.165) is 39.7 Å². The van der Waals surface area contributed by atoms with Crippen molar-refractivity contribution in [1.82, 2.24) is 19.9 Å². The highest BCUT2D eigenvalue weighted by atomic mass is 32.1. The lowest BCUT2D eigenvalue weighted by Crippen LogP contribution is -2.29. The lowest BCUT2D eigenvalue weighted by Gasteiger charge is -2.28. The molecular weight excluding hydrogens is 430 g/mol. The predicted molar refractivity (Wildman–Crippen MR) is 134 cm³/mol. The molecular formula is C26H25N5OS. The van der Waals surface area contributed by atoms with E-state index in [-0.39, 0.29) is 17.8 Å². The molecule has 5 rings (SSSR count). The molecule has 33 heavy (non-hydrogen) atoms. The fraction of sp³-hybridized carbons (Fsp3) is 0.192. The van der Waals surface area contributed by atoms with Crippen molar-refractivity contribution >= 4 is 23.0 Å². The molecule has 0 unspecified atom stereocenters. The maximum Gasteiger partial charge on any atom is 0.174 e. The maximum absolute atomic E-state index is 9.82. The number of benzene rings is 1. The Morgan fingerprint density at radius 3 is 2.42 bits per heavy atom. The van der Waals surface area contributed by atoms with Crippen molar-refractivity contribution in [1.29, 1.82) is 0 Å². The molecule has 6 nitrogen and oxygen atoms in total. The van der Waals surface area contributed by atoms with Crippen LogP contribution in [0, 0.1) is 20.8 Å². The predicted octanol–water partition coefficient (Wildman–Crippen LogP) is 5.08. The first-order chi connectivity index (χ1) is 15.9. The molecule has 1 aromatic carbocycles. The summed E-state index contributed by atoms with van der Waals surface area (Å²) in [7, 11) is 0. The van der Waals surface area contributed by atoms with E-state index < -0.39 is 0 Å². The summed E-state index contributed by atoms with van der Waals surface area (Å²) in [6, 6.07) is 19.1. The van der Waals surface area contributed by atoms with Crippen LogP contribution in [-0.4, -0.2) is 24.8 Å². The Labute approximate surface area is 198 Å². The Morgan fingerprint density at radius 1 is 0.939 bits per heavy atom. The highest BCUT2D eigenvalue weighted by molar-refractivity contribution is 7.80. The van der Waals surface area contributed by atoms with E-state index in [1.807, 2.05) is 42.6 Å². The number of rotatable bonds is 4. The van der Waals surface area contributed by atoms with E-state index >= 15 is 0 Å². The number of nitrogens with zero attached hydrogens (tertiary/aromatic N) is 4. The molecule has 3 aromatic heterocycles. The molecule has 2 N–H and O–H groups in total. The standard InChI is InChI=1S/C26H25N5OS/c1-16-11-13-28-23(14-16)30-17(2)15-21(18(30)3)25-24(22-6-4-5-12-27-22)29-26(33)31(25)19-7-9-20(32)10-8-19/h4-15,24-25,32H,1-3H3,(H,29,33)/t24-,25+/m0/s1. The van der Waals surface area contributed by atoms with Crippen molar-refractivity contribution in [2.75, 3.05) is 4.90 Å². The summed E-state index contributed by atoms with van der Waals surface area (Å²) in [6.07, 6.45) is 3.65. The number of aromatic hydroxyl groups is 1. The third-order valence-electron chi connectivity index (χ3n) is 6.15. The summed E-state index contributed by atoms with van der Waals surface area (Å²) in [5.41, 5.74) is 6.34. The van der Waals surface area contributed by atoms with Gasteiger partial charge in [0.15, 0.2) is 5.11 Å². The van der Waals surface area contributed by atoms with Gasteiger partial charge in [0.1, 0.15) is 11.6 Å². The van der Waals surface area contributed by atoms with Crippen LogP contribution in [0.1, 0.15) is 40.3 Å². The van der Waals surface area contributed by atoms with Gasteiger partial charge in [-0.2, -0.15) is 0 Å². The van der Waals surface area contributed by atoms with Crippen molar-refractivity contribution < 1.29 is 5.11 Å². The zero-order chi connectivity index (χ0) is 23.1. The molecule has 7 heteroatoms. The monoisotopic (exact) mass is 455 g/mol. The van der Waals surface area contributed by atoms with Crippen molar-refractivity contribution in [2.45, 2.75) is 32.9 Å². The van der Waals surface area contributed by atoms with Gasteiger partial charge >= 0.3 is 0 Å². The van der Waals surface area contributed by atoms with Gasteiger partial charge in [0.25, 0.3) is 0 Å². The molecule has 2 atom stereocenters. The number of aryl methyl sites for hydroxylation is 2. The van der Waals surface area contributed by atoms with E-state index in [0.29, 0.717) is 5.11 Å². The van der Waals surface area contributed by atoms with Gasteiger partial charge in [-0.15, -0.1) is 0 Å². The van der Waals surface area contributed by atoms with Crippen molar-refractivity contribution in [3.63, 3.8) is 0 Å². The molecule has 0 aliphatic carbocycles. The van der Waals surface area contributed by atoms with Crippen molar-refractivity contribution in [3.8, 4) is 11.6 Å². The second-order valence-corrected chi connectivity index (χ2v) is 8.75. The van der Waals surface area contributed by atoms with Crippen LogP contribution in [-0.2, 0) is 0 Å². The van der Waals surface area contributed by atoms with Crippen molar-refractivity contribution in [3.05, 3.63) is 101 Å². The Hall–Kier alpha value is -3.71. The minimum absolute atomic E-state index is 0.123. The smallest absolute Gasteiger partial charge is 0.174 e. The second-order valence-electron chi connectivity index (χ2n) is 8.37. The number of hydrogen-bond acceptors (Lipinski definition) is 4. The van der Waals surface area contributed by atoms with Gasteiger partial charge in [0.05, 0.1) is 17.8 Å². The number of anilines is 1. The number of thiocarbonyl (C=S) groups is 1. The van der Waals surface area contributed by atoms with Crippen molar-refractivity contribution in [2.24, 2.45) is 0 Å². The largest absolute Gasteiger partial charge is 0.508 e. The number of phenols is 1. The van der Waals surface area contributed by atoms with Crippen LogP contribution in [0.5, 0.6) is 5.75 Å². The quantitative estimate of drug-likeness (QED) is 0.419. The highest BCUT2D eigenvalue weighted by Gasteiger charge is 2.42. The summed E-state index contributed by atoms with van der Waals surface area (Å²) in [4.78, 5) is 11.4. The normalized spacial score (nSPS) is 17.9. The Morgan fingerprint density at radius 2 is 1.73 bits per heavy atom. The molecule has 1 saturated heterocycles. The van der Waals surface area contributed by atoms with Gasteiger partial charge in [-0.25, -0.2) is 4.98 Å². The topological polar surface area (TPSA) is 66.2 Å². The summed E-state index contributed by atoms with van der Waals surface area (Å²) < 4.78 is 2.19. The van der Waals surface area contributed by atoms with Crippen LogP contribution in [0.25, 0.3) is 5.82 Å². The van der Waals surface area contributed by atoms with Gasteiger partial charge in [0, 0.05) is 29.5 Å². The van der Waals surface area contributed by atoms with Crippen LogP contribution >= 0.6 is 12.2 Å². The lowest BCUT2D eigenvalue weighted by molar-refractivity contribution is 0.475. The molecule has 166 valence electrons. The number of pyridine rings is 2. The number of nitrogens with one attached hydrogen (secondary N) is 1. The molecule has 1 aliphatic heterocycles. The van der Waals surface area contributed by atoms with Crippen LogP contribution in [0.2, 0.25) is 0 Å². The molecule has 0 amide bonds. The first-order valence-electron chi connectivity index (χ1n) is 10.9. The van der Waals surface area contributed by atoms with E-state index in [2.05, 4.69) is 57.7 Å². The molecule has 0 radical (unpaired) electrons. The molecule has 1 fully saturated rings. The van der Waals surface area contributed by atoms with E-state index in [1.165, 1.54) is 0 Å². The molecule has 4 heterocycles. The summed E-state index contributed by atoms with van der Waals surface area (Å²) in [5.74, 6) is 1.12. The minimum Gasteiger partial charge on any atom is -0.508 e. The first kappa shape index (κ1) is 21.2. The average molecular weight is 456 g/mol. The molecule has 4 aromatic rings. The summed E-state index contributed by atoms with van der Waals surface area (Å²) >= 11 is 5.81. The van der Waals surface area contributed by atoms with Gasteiger partial charge in [0.2, 0.25) is 0 Å². The zero-order valence-electron chi connectivity index (χ0n) is 18.7. The molecule has 0 bridgehead atoms. The fourth-order valence-corrected chi connectivity index (χ4v) is 4.99. The SMILES string of the molecule is Cc1ccnc(-n2c(C)cc([C@@H]3[C@H](c4ccccn4)NC(=S)N3c3ccc(O)cc3)c2C)c1. The van der Waals surface area contributed by atoms with Gasteiger partial charge in [-0.1, -0.05) is 6.07 Å². The molecule has 1 aliphatic rings. The first-order valence-corrected chi connectivity index (χ1v) is 11.3. The minimum atomic E-state index is -0.132. The van der Waals surface area contributed by atoms with Crippen LogP contribution < -0.4 is 10.2 Å². The third kappa shape index (κ3) is 3.74. The van der Waals surface area contributed by atoms with Crippen LogP contribution in [0.3, 0.4) is 0 Å². The number of phenolic OH excluding ortho intramolecular Hbond substituents is 1. The van der Waals surface area contributed by atoms with Gasteiger partial charge in [-0.3, -0.25) is 4.98 Å². The third-order valence-corrected chi connectivity index (χ3v) is 6.46. The summed E-state index contributed by atoms with van der Waals surface area (Å²) in [6.45, 7) is 6.29. The summed E-state index contributed by atoms with van der Waals surface area (Å²) in [5, 5.41) is 13.9. The second kappa shape index (κ2) is 8.33. The fourth-order valence-electron chi connectivity index (χ4n) is 4.64. The Bertz CT molecular complexity index is 1320. The van der Waals surface area contributed by atoms with E-state index in [9.17, 15) is 5.11 Å². The average Bonchev–Trinajstić information content (AvgIpc) is 3.30.